The Morgan fingerprint density at radius 3 is 2.23 bits per heavy atom. The highest BCUT2D eigenvalue weighted by molar-refractivity contribution is 4.91. The number of hydrogen-bond acceptors (Lipinski definition) is 2. The van der Waals surface area contributed by atoms with E-state index in [1.54, 1.807) is 0 Å². The van der Waals surface area contributed by atoms with Crippen molar-refractivity contribution in [2.24, 2.45) is 5.41 Å². The van der Waals surface area contributed by atoms with Gasteiger partial charge in [-0.05, 0) is 24.7 Å². The molecule has 0 spiro atoms. The quantitative estimate of drug-likeness (QED) is 0.725. The molecule has 0 radical (unpaired) electrons. The topological polar surface area (TPSA) is 21.3 Å². The highest BCUT2D eigenvalue weighted by Crippen LogP contribution is 2.34. The molecule has 1 rings (SSSR count). The molecule has 0 saturated heterocycles. The molecule has 0 amide bonds. The lowest BCUT2D eigenvalue weighted by Crippen LogP contribution is -2.49. The number of rotatable bonds is 4. The Morgan fingerprint density at radius 2 is 1.92 bits per heavy atom. The van der Waals surface area contributed by atoms with E-state index in [0.29, 0.717) is 5.41 Å². The van der Waals surface area contributed by atoms with E-state index in [1.807, 2.05) is 7.11 Å². The molecule has 0 aromatic heterocycles. The maximum absolute atomic E-state index is 5.53. The van der Waals surface area contributed by atoms with Crippen molar-refractivity contribution in [2.45, 2.75) is 45.6 Å². The largest absolute Gasteiger partial charge is 0.377 e. The van der Waals surface area contributed by atoms with E-state index in [4.69, 9.17) is 4.74 Å². The van der Waals surface area contributed by atoms with Crippen molar-refractivity contribution in [1.82, 2.24) is 5.32 Å². The van der Waals surface area contributed by atoms with E-state index in [2.05, 4.69) is 26.1 Å². The van der Waals surface area contributed by atoms with Gasteiger partial charge < -0.3 is 10.1 Å². The molecule has 0 atom stereocenters. The molecule has 1 aliphatic rings. The Hall–Kier alpha value is -0.0800. The summed E-state index contributed by atoms with van der Waals surface area (Å²) >= 11 is 0. The maximum atomic E-state index is 5.53. The van der Waals surface area contributed by atoms with E-state index in [9.17, 15) is 0 Å². The van der Waals surface area contributed by atoms with Gasteiger partial charge in [0.2, 0.25) is 0 Å². The van der Waals surface area contributed by atoms with E-state index >= 15 is 0 Å². The van der Waals surface area contributed by atoms with Gasteiger partial charge in [0.05, 0.1) is 5.60 Å². The second-order valence-electron chi connectivity index (χ2n) is 5.40. The average molecular weight is 185 g/mol. The summed E-state index contributed by atoms with van der Waals surface area (Å²) in [7, 11) is 1.83. The zero-order valence-electron chi connectivity index (χ0n) is 9.44. The fourth-order valence-electron chi connectivity index (χ4n) is 1.69. The Balaban J connectivity index is 2.18. The Kier molecular flexibility index (Phi) is 3.36. The van der Waals surface area contributed by atoms with Gasteiger partial charge in [0, 0.05) is 20.2 Å². The van der Waals surface area contributed by atoms with Crippen molar-refractivity contribution in [2.75, 3.05) is 20.2 Å². The first-order chi connectivity index (χ1) is 5.97. The maximum Gasteiger partial charge on any atom is 0.0802 e. The molecule has 78 valence electrons. The van der Waals surface area contributed by atoms with Crippen LogP contribution in [0.1, 0.15) is 40.0 Å². The van der Waals surface area contributed by atoms with Crippen molar-refractivity contribution in [1.29, 1.82) is 0 Å². The molecule has 0 aliphatic heterocycles. The Bertz CT molecular complexity index is 150. The number of hydrogen-bond donors (Lipinski definition) is 1. The normalized spacial score (nSPS) is 21.2. The van der Waals surface area contributed by atoms with Gasteiger partial charge >= 0.3 is 0 Å². The van der Waals surface area contributed by atoms with Crippen molar-refractivity contribution < 1.29 is 4.74 Å². The molecule has 1 saturated carbocycles. The van der Waals surface area contributed by atoms with Crippen LogP contribution in [-0.4, -0.2) is 25.8 Å². The van der Waals surface area contributed by atoms with E-state index in [-0.39, 0.29) is 5.60 Å². The predicted octanol–water partition coefficient (Wildman–Crippen LogP) is 2.19. The average Bonchev–Trinajstić information content (AvgIpc) is 1.92. The minimum Gasteiger partial charge on any atom is -0.377 e. The van der Waals surface area contributed by atoms with Crippen LogP contribution in [0.3, 0.4) is 0 Å². The summed E-state index contributed by atoms with van der Waals surface area (Å²) in [5.41, 5.74) is 0.546. The third kappa shape index (κ3) is 3.28. The first kappa shape index (κ1) is 11.0. The SMILES string of the molecule is COC1(CNCC(C)(C)C)CCC1. The van der Waals surface area contributed by atoms with Gasteiger partial charge in [0.1, 0.15) is 0 Å². The van der Waals surface area contributed by atoms with Crippen LogP contribution in [0.25, 0.3) is 0 Å². The van der Waals surface area contributed by atoms with Crippen LogP contribution in [0.4, 0.5) is 0 Å². The number of nitrogens with one attached hydrogen (secondary N) is 1. The molecule has 0 aromatic rings. The van der Waals surface area contributed by atoms with Gasteiger partial charge in [-0.2, -0.15) is 0 Å². The number of methoxy groups -OCH3 is 1. The summed E-state index contributed by atoms with van der Waals surface area (Å²) < 4.78 is 5.53. The van der Waals surface area contributed by atoms with E-state index in [1.165, 1.54) is 19.3 Å². The Labute approximate surface area is 82.0 Å². The van der Waals surface area contributed by atoms with Crippen molar-refractivity contribution >= 4 is 0 Å². The summed E-state index contributed by atoms with van der Waals surface area (Å²) in [4.78, 5) is 0. The van der Waals surface area contributed by atoms with Crippen LogP contribution >= 0.6 is 0 Å². The minimum atomic E-state index is 0.172. The predicted molar refractivity (Wildman–Crippen MR) is 55.9 cm³/mol. The first-order valence-corrected chi connectivity index (χ1v) is 5.23. The molecule has 0 unspecified atom stereocenters. The van der Waals surface area contributed by atoms with Crippen LogP contribution in [0.15, 0.2) is 0 Å². The van der Waals surface area contributed by atoms with Gasteiger partial charge in [0.25, 0.3) is 0 Å². The summed E-state index contributed by atoms with van der Waals surface area (Å²) in [5.74, 6) is 0. The molecule has 1 fully saturated rings. The molecule has 0 heterocycles. The fraction of sp³-hybridized carbons (Fsp3) is 1.00. The van der Waals surface area contributed by atoms with Crippen molar-refractivity contribution in [3.05, 3.63) is 0 Å². The number of ether oxygens (including phenoxy) is 1. The zero-order chi connectivity index (χ0) is 9.95. The minimum absolute atomic E-state index is 0.172. The second-order valence-corrected chi connectivity index (χ2v) is 5.40. The Morgan fingerprint density at radius 1 is 1.31 bits per heavy atom. The molecule has 2 nitrogen and oxygen atoms in total. The first-order valence-electron chi connectivity index (χ1n) is 5.23. The summed E-state index contributed by atoms with van der Waals surface area (Å²) in [6.45, 7) is 8.83. The lowest BCUT2D eigenvalue weighted by Gasteiger charge is -2.41. The van der Waals surface area contributed by atoms with Gasteiger partial charge in [-0.15, -0.1) is 0 Å². The van der Waals surface area contributed by atoms with Crippen LogP contribution in [-0.2, 0) is 4.74 Å². The molecule has 1 N–H and O–H groups in total. The highest BCUT2D eigenvalue weighted by atomic mass is 16.5. The fourth-order valence-corrected chi connectivity index (χ4v) is 1.69. The standard InChI is InChI=1S/C11H23NO/c1-10(2,3)8-12-9-11(13-4)6-5-7-11/h12H,5-9H2,1-4H3. The van der Waals surface area contributed by atoms with Crippen LogP contribution < -0.4 is 5.32 Å². The lowest BCUT2D eigenvalue weighted by atomic mass is 9.79. The van der Waals surface area contributed by atoms with Crippen LogP contribution in [0.5, 0.6) is 0 Å². The van der Waals surface area contributed by atoms with Crippen LogP contribution in [0, 0.1) is 5.41 Å². The van der Waals surface area contributed by atoms with E-state index < -0.39 is 0 Å². The highest BCUT2D eigenvalue weighted by Gasteiger charge is 2.36. The summed E-state index contributed by atoms with van der Waals surface area (Å²) in [6.07, 6.45) is 3.77. The molecule has 0 aromatic carbocycles. The summed E-state index contributed by atoms with van der Waals surface area (Å²) in [6, 6.07) is 0. The van der Waals surface area contributed by atoms with Crippen molar-refractivity contribution in [3.8, 4) is 0 Å². The van der Waals surface area contributed by atoms with E-state index in [0.717, 1.165) is 13.1 Å². The molecule has 1 aliphatic carbocycles. The molecule has 0 bridgehead atoms. The zero-order valence-corrected chi connectivity index (χ0v) is 9.44. The lowest BCUT2D eigenvalue weighted by molar-refractivity contribution is -0.0700. The third-order valence-corrected chi connectivity index (χ3v) is 2.80. The molecular weight excluding hydrogens is 162 g/mol. The smallest absolute Gasteiger partial charge is 0.0802 e. The van der Waals surface area contributed by atoms with Gasteiger partial charge in [0.15, 0.2) is 0 Å². The van der Waals surface area contributed by atoms with Gasteiger partial charge in [-0.1, -0.05) is 20.8 Å². The monoisotopic (exact) mass is 185 g/mol. The van der Waals surface area contributed by atoms with Gasteiger partial charge in [-0.3, -0.25) is 0 Å². The second kappa shape index (κ2) is 3.97. The third-order valence-electron chi connectivity index (χ3n) is 2.80. The molecular formula is C11H23NO. The molecule has 13 heavy (non-hydrogen) atoms. The molecule has 2 heteroatoms. The van der Waals surface area contributed by atoms with Gasteiger partial charge in [-0.25, -0.2) is 0 Å². The summed E-state index contributed by atoms with van der Waals surface area (Å²) in [5, 5.41) is 3.49. The van der Waals surface area contributed by atoms with Crippen LogP contribution in [0.2, 0.25) is 0 Å². The van der Waals surface area contributed by atoms with Crippen molar-refractivity contribution in [3.63, 3.8) is 0 Å².